The predicted molar refractivity (Wildman–Crippen MR) is 126 cm³/mol. The van der Waals surface area contributed by atoms with E-state index in [0.29, 0.717) is 11.3 Å². The maximum Gasteiger partial charge on any atom is 0.260 e. The summed E-state index contributed by atoms with van der Waals surface area (Å²) in [7, 11) is 3.94. The van der Waals surface area contributed by atoms with E-state index in [2.05, 4.69) is 10.5 Å². The Bertz CT molecular complexity index is 1060. The zero-order valence-electron chi connectivity index (χ0n) is 17.9. The van der Waals surface area contributed by atoms with Crippen molar-refractivity contribution in [1.29, 1.82) is 0 Å². The number of para-hydroxylation sites is 1. The molecule has 0 bridgehead atoms. The molecule has 0 fully saturated rings. The van der Waals surface area contributed by atoms with Crippen LogP contribution in [0.5, 0.6) is 0 Å². The predicted octanol–water partition coefficient (Wildman–Crippen LogP) is 3.86. The van der Waals surface area contributed by atoms with Crippen molar-refractivity contribution in [2.75, 3.05) is 30.4 Å². The minimum Gasteiger partial charge on any atom is -0.378 e. The summed E-state index contributed by atoms with van der Waals surface area (Å²) in [5, 5.41) is 4.04. The maximum absolute atomic E-state index is 13.1. The van der Waals surface area contributed by atoms with E-state index in [0.717, 1.165) is 16.8 Å². The number of benzene rings is 3. The van der Waals surface area contributed by atoms with E-state index in [9.17, 15) is 9.59 Å². The Morgan fingerprint density at radius 3 is 2.19 bits per heavy atom. The monoisotopic (exact) mass is 414 g/mol. The summed E-state index contributed by atoms with van der Waals surface area (Å²) in [6.07, 6.45) is 1.58. The molecule has 0 unspecified atom stereocenters. The SMILES string of the molecule is Cc1ccccc1N(CC(=O)N/N=C\c1ccc(N(C)C)cc1)C(=O)c1ccccc1. The average Bonchev–Trinajstić information content (AvgIpc) is 2.78. The minimum absolute atomic E-state index is 0.143. The lowest BCUT2D eigenvalue weighted by atomic mass is 10.1. The van der Waals surface area contributed by atoms with Crippen molar-refractivity contribution in [3.63, 3.8) is 0 Å². The molecule has 0 atom stereocenters. The molecule has 31 heavy (non-hydrogen) atoms. The highest BCUT2D eigenvalue weighted by atomic mass is 16.2. The van der Waals surface area contributed by atoms with Crippen LogP contribution in [-0.2, 0) is 4.79 Å². The Morgan fingerprint density at radius 1 is 0.903 bits per heavy atom. The van der Waals surface area contributed by atoms with Crippen LogP contribution in [0.15, 0.2) is 84.0 Å². The molecular formula is C25H26N4O2. The lowest BCUT2D eigenvalue weighted by Crippen LogP contribution is -2.40. The minimum atomic E-state index is -0.381. The Hall–Kier alpha value is -3.93. The fourth-order valence-electron chi connectivity index (χ4n) is 3.09. The molecule has 6 heteroatoms. The lowest BCUT2D eigenvalue weighted by Gasteiger charge is -2.23. The average molecular weight is 415 g/mol. The van der Waals surface area contributed by atoms with Crippen LogP contribution in [0.1, 0.15) is 21.5 Å². The number of anilines is 2. The van der Waals surface area contributed by atoms with Crippen LogP contribution in [0.2, 0.25) is 0 Å². The zero-order chi connectivity index (χ0) is 22.2. The second kappa shape index (κ2) is 10.2. The highest BCUT2D eigenvalue weighted by Gasteiger charge is 2.21. The molecule has 3 aromatic rings. The number of hydrogen-bond donors (Lipinski definition) is 1. The smallest absolute Gasteiger partial charge is 0.260 e. The molecule has 6 nitrogen and oxygen atoms in total. The van der Waals surface area contributed by atoms with Crippen molar-refractivity contribution in [2.45, 2.75) is 6.92 Å². The zero-order valence-corrected chi connectivity index (χ0v) is 17.9. The van der Waals surface area contributed by atoms with Crippen molar-refractivity contribution in [3.8, 4) is 0 Å². The van der Waals surface area contributed by atoms with Crippen LogP contribution in [-0.4, -0.2) is 38.7 Å². The topological polar surface area (TPSA) is 65.0 Å². The van der Waals surface area contributed by atoms with Gasteiger partial charge in [-0.25, -0.2) is 5.43 Å². The number of hydrazone groups is 1. The van der Waals surface area contributed by atoms with E-state index in [-0.39, 0.29) is 18.4 Å². The number of carbonyl (C=O) groups excluding carboxylic acids is 2. The number of nitrogens with zero attached hydrogens (tertiary/aromatic N) is 3. The number of rotatable bonds is 7. The molecule has 3 aromatic carbocycles. The number of hydrogen-bond acceptors (Lipinski definition) is 4. The van der Waals surface area contributed by atoms with Gasteiger partial charge in [0.2, 0.25) is 0 Å². The van der Waals surface area contributed by atoms with Crippen molar-refractivity contribution < 1.29 is 9.59 Å². The summed E-state index contributed by atoms with van der Waals surface area (Å²) < 4.78 is 0. The maximum atomic E-state index is 13.1. The molecule has 0 aliphatic rings. The highest BCUT2D eigenvalue weighted by Crippen LogP contribution is 2.21. The van der Waals surface area contributed by atoms with Gasteiger partial charge in [-0.2, -0.15) is 5.10 Å². The van der Waals surface area contributed by atoms with Crippen LogP contribution in [0.3, 0.4) is 0 Å². The first-order valence-corrected chi connectivity index (χ1v) is 9.97. The van der Waals surface area contributed by atoms with Gasteiger partial charge in [0.25, 0.3) is 11.8 Å². The molecule has 0 heterocycles. The lowest BCUT2D eigenvalue weighted by molar-refractivity contribution is -0.119. The normalized spacial score (nSPS) is 10.7. The van der Waals surface area contributed by atoms with Crippen molar-refractivity contribution in [1.82, 2.24) is 5.43 Å². The molecule has 0 aromatic heterocycles. The summed E-state index contributed by atoms with van der Waals surface area (Å²) in [5.41, 5.74) is 6.57. The number of aryl methyl sites for hydroxylation is 1. The molecule has 0 saturated carbocycles. The molecule has 3 rings (SSSR count). The quantitative estimate of drug-likeness (QED) is 0.472. The van der Waals surface area contributed by atoms with E-state index >= 15 is 0 Å². The third-order valence-electron chi connectivity index (χ3n) is 4.79. The fourth-order valence-corrected chi connectivity index (χ4v) is 3.09. The van der Waals surface area contributed by atoms with Gasteiger partial charge in [-0.15, -0.1) is 0 Å². The van der Waals surface area contributed by atoms with E-state index in [1.54, 1.807) is 30.5 Å². The second-order valence-corrected chi connectivity index (χ2v) is 7.32. The highest BCUT2D eigenvalue weighted by molar-refractivity contribution is 6.09. The van der Waals surface area contributed by atoms with Gasteiger partial charge in [-0.3, -0.25) is 14.5 Å². The Kier molecular flexibility index (Phi) is 7.17. The van der Waals surface area contributed by atoms with E-state index < -0.39 is 0 Å². The molecule has 0 saturated heterocycles. The molecule has 0 radical (unpaired) electrons. The van der Waals surface area contributed by atoms with Gasteiger partial charge in [-0.05, 0) is 48.4 Å². The first-order chi connectivity index (χ1) is 15.0. The summed E-state index contributed by atoms with van der Waals surface area (Å²) in [4.78, 5) is 29.2. The van der Waals surface area contributed by atoms with E-state index in [1.807, 2.05) is 80.5 Å². The Balaban J connectivity index is 1.72. The number of nitrogens with one attached hydrogen (secondary N) is 1. The van der Waals surface area contributed by atoms with E-state index in [1.165, 1.54) is 4.90 Å². The van der Waals surface area contributed by atoms with Gasteiger partial charge >= 0.3 is 0 Å². The standard InChI is InChI=1S/C25H26N4O2/c1-19-9-7-8-12-23(19)29(25(31)21-10-5-4-6-11-21)18-24(30)27-26-17-20-13-15-22(16-14-20)28(2)3/h4-17H,18H2,1-3H3,(H,27,30)/b26-17-. The van der Waals surface area contributed by atoms with Crippen molar-refractivity contribution >= 4 is 29.4 Å². The first kappa shape index (κ1) is 21.8. The van der Waals surface area contributed by atoms with Crippen molar-refractivity contribution in [3.05, 3.63) is 95.6 Å². The van der Waals surface area contributed by atoms with Gasteiger partial charge in [-0.1, -0.05) is 48.5 Å². The number of amides is 2. The van der Waals surface area contributed by atoms with Crippen LogP contribution in [0.4, 0.5) is 11.4 Å². The summed E-state index contributed by atoms with van der Waals surface area (Å²) in [6.45, 7) is 1.77. The van der Waals surface area contributed by atoms with E-state index in [4.69, 9.17) is 0 Å². The first-order valence-electron chi connectivity index (χ1n) is 9.97. The third-order valence-corrected chi connectivity index (χ3v) is 4.79. The van der Waals surface area contributed by atoms with Crippen LogP contribution in [0, 0.1) is 6.92 Å². The summed E-state index contributed by atoms with van der Waals surface area (Å²) >= 11 is 0. The number of carbonyl (C=O) groups is 2. The molecular weight excluding hydrogens is 388 g/mol. The Morgan fingerprint density at radius 2 is 1.55 bits per heavy atom. The largest absolute Gasteiger partial charge is 0.378 e. The fraction of sp³-hybridized carbons (Fsp3) is 0.160. The molecule has 0 spiro atoms. The van der Waals surface area contributed by atoms with Crippen LogP contribution < -0.4 is 15.2 Å². The second-order valence-electron chi connectivity index (χ2n) is 7.32. The van der Waals surface area contributed by atoms with Gasteiger partial charge in [0.1, 0.15) is 6.54 Å². The van der Waals surface area contributed by atoms with Crippen LogP contribution >= 0.6 is 0 Å². The summed E-state index contributed by atoms with van der Waals surface area (Å²) in [6, 6.07) is 24.2. The van der Waals surface area contributed by atoms with Gasteiger partial charge < -0.3 is 4.90 Å². The van der Waals surface area contributed by atoms with Crippen molar-refractivity contribution in [2.24, 2.45) is 5.10 Å². The van der Waals surface area contributed by atoms with Gasteiger partial charge in [0.15, 0.2) is 0 Å². The molecule has 0 aliphatic heterocycles. The Labute approximate surface area is 182 Å². The van der Waals surface area contributed by atoms with Crippen LogP contribution in [0.25, 0.3) is 0 Å². The summed E-state index contributed by atoms with van der Waals surface area (Å²) in [5.74, 6) is -0.623. The molecule has 1 N–H and O–H groups in total. The van der Waals surface area contributed by atoms with Gasteiger partial charge in [0.05, 0.1) is 6.21 Å². The molecule has 0 aliphatic carbocycles. The molecule has 2 amide bonds. The third kappa shape index (κ3) is 5.79. The molecule has 158 valence electrons. The van der Waals surface area contributed by atoms with Gasteiger partial charge in [0, 0.05) is 31.0 Å².